The number of amides is 1. The summed E-state index contributed by atoms with van der Waals surface area (Å²) in [5.74, 6) is -0.539. The summed E-state index contributed by atoms with van der Waals surface area (Å²) in [6.45, 7) is 8.09. The Morgan fingerprint density at radius 2 is 2.00 bits per heavy atom. The van der Waals surface area contributed by atoms with Gasteiger partial charge in [-0.15, -0.1) is 13.2 Å². The van der Waals surface area contributed by atoms with Crippen molar-refractivity contribution in [2.24, 2.45) is 0 Å². The van der Waals surface area contributed by atoms with Crippen LogP contribution in [0.5, 0.6) is 0 Å². The van der Waals surface area contributed by atoms with Crippen molar-refractivity contribution in [3.63, 3.8) is 0 Å². The van der Waals surface area contributed by atoms with Gasteiger partial charge in [0.2, 0.25) is 5.91 Å². The summed E-state index contributed by atoms with van der Waals surface area (Å²) in [5.41, 5.74) is 0.300. The summed E-state index contributed by atoms with van der Waals surface area (Å²) in [5, 5.41) is 2.78. The van der Waals surface area contributed by atoms with Gasteiger partial charge in [0, 0.05) is 17.6 Å². The lowest BCUT2D eigenvalue weighted by Crippen LogP contribution is -2.35. The molecule has 1 aromatic rings. The van der Waals surface area contributed by atoms with Crippen molar-refractivity contribution in [1.82, 2.24) is 4.90 Å². The van der Waals surface area contributed by atoms with Crippen molar-refractivity contribution in [2.75, 3.05) is 25.0 Å². The first-order chi connectivity index (χ1) is 9.08. The Bertz CT molecular complexity index is 467. The van der Waals surface area contributed by atoms with E-state index in [2.05, 4.69) is 34.4 Å². The van der Waals surface area contributed by atoms with Crippen LogP contribution in [-0.2, 0) is 4.79 Å². The first-order valence-corrected chi connectivity index (χ1v) is 6.56. The van der Waals surface area contributed by atoms with E-state index in [1.807, 2.05) is 0 Å². The molecular weight excluding hydrogens is 311 g/mol. The Hall–Kier alpha value is -1.62. The molecule has 0 aromatic heterocycles. The number of nitrogens with zero attached hydrogens (tertiary/aromatic N) is 1. The van der Waals surface area contributed by atoms with E-state index in [4.69, 9.17) is 0 Å². The van der Waals surface area contributed by atoms with Gasteiger partial charge in [0.1, 0.15) is 5.82 Å². The summed E-state index contributed by atoms with van der Waals surface area (Å²) < 4.78 is 14.2. The quantitative estimate of drug-likeness (QED) is 0.780. The van der Waals surface area contributed by atoms with Crippen LogP contribution in [0.1, 0.15) is 0 Å². The van der Waals surface area contributed by atoms with Gasteiger partial charge in [-0.3, -0.25) is 4.79 Å². The van der Waals surface area contributed by atoms with Crippen molar-refractivity contribution >= 4 is 27.5 Å². The van der Waals surface area contributed by atoms with Crippen LogP contribution in [0.4, 0.5) is 10.1 Å². The second kappa shape index (κ2) is 7.74. The van der Waals surface area contributed by atoms with E-state index in [-0.39, 0.29) is 12.5 Å². The number of carbonyl (C=O) groups excluding carboxylic acids is 1. The first-order valence-electron chi connectivity index (χ1n) is 5.77. The summed E-state index contributed by atoms with van der Waals surface area (Å²) in [4.78, 5) is 13.5. The van der Waals surface area contributed by atoms with Crippen LogP contribution in [0.15, 0.2) is 48.0 Å². The molecule has 0 aliphatic rings. The van der Waals surface area contributed by atoms with Gasteiger partial charge in [0.25, 0.3) is 0 Å². The highest BCUT2D eigenvalue weighted by atomic mass is 79.9. The van der Waals surface area contributed by atoms with Crippen LogP contribution in [0.25, 0.3) is 0 Å². The monoisotopic (exact) mass is 326 g/mol. The second-order valence-corrected chi connectivity index (χ2v) is 4.77. The molecule has 1 aromatic carbocycles. The number of anilines is 1. The minimum atomic E-state index is -0.402. The molecule has 0 unspecified atom stereocenters. The highest BCUT2D eigenvalue weighted by Crippen LogP contribution is 2.19. The maximum Gasteiger partial charge on any atom is 0.242 e. The molecule has 0 radical (unpaired) electrons. The predicted octanol–water partition coefficient (Wildman–Crippen LogP) is 3.20. The molecule has 1 N–H and O–H groups in total. The van der Waals surface area contributed by atoms with Crippen LogP contribution in [0.2, 0.25) is 0 Å². The van der Waals surface area contributed by atoms with Crippen LogP contribution >= 0.6 is 15.9 Å². The van der Waals surface area contributed by atoms with Gasteiger partial charge in [-0.1, -0.05) is 28.1 Å². The zero-order valence-corrected chi connectivity index (χ0v) is 12.1. The van der Waals surface area contributed by atoms with E-state index in [0.717, 1.165) is 0 Å². The topological polar surface area (TPSA) is 32.3 Å². The van der Waals surface area contributed by atoms with Crippen molar-refractivity contribution in [3.05, 3.63) is 53.8 Å². The molecule has 0 aliphatic heterocycles. The average molecular weight is 327 g/mol. The number of halogens is 2. The highest BCUT2D eigenvalue weighted by molar-refractivity contribution is 9.10. The van der Waals surface area contributed by atoms with Crippen molar-refractivity contribution in [2.45, 2.75) is 0 Å². The van der Waals surface area contributed by atoms with E-state index in [9.17, 15) is 9.18 Å². The molecule has 0 spiro atoms. The third-order valence-corrected chi connectivity index (χ3v) is 2.91. The zero-order valence-electron chi connectivity index (χ0n) is 10.5. The fourth-order valence-electron chi connectivity index (χ4n) is 1.51. The molecule has 102 valence electrons. The Morgan fingerprint density at radius 1 is 1.37 bits per heavy atom. The van der Waals surface area contributed by atoms with E-state index in [1.54, 1.807) is 29.2 Å². The number of nitrogens with one attached hydrogen (secondary N) is 1. The molecule has 0 fully saturated rings. The number of hydrogen-bond acceptors (Lipinski definition) is 2. The first kappa shape index (κ1) is 15.4. The van der Waals surface area contributed by atoms with Crippen molar-refractivity contribution in [1.29, 1.82) is 0 Å². The van der Waals surface area contributed by atoms with Crippen molar-refractivity contribution in [3.8, 4) is 0 Å². The van der Waals surface area contributed by atoms with Gasteiger partial charge >= 0.3 is 0 Å². The zero-order chi connectivity index (χ0) is 14.3. The number of benzene rings is 1. The van der Waals surface area contributed by atoms with E-state index in [1.165, 1.54) is 6.07 Å². The van der Waals surface area contributed by atoms with Crippen molar-refractivity contribution < 1.29 is 9.18 Å². The fourth-order valence-corrected chi connectivity index (χ4v) is 1.84. The Kier molecular flexibility index (Phi) is 6.29. The summed E-state index contributed by atoms with van der Waals surface area (Å²) in [6, 6.07) is 4.64. The number of hydrogen-bond donors (Lipinski definition) is 1. The lowest BCUT2D eigenvalue weighted by molar-refractivity contribution is -0.128. The minimum Gasteiger partial charge on any atom is -0.374 e. The molecule has 19 heavy (non-hydrogen) atoms. The van der Waals surface area contributed by atoms with Crippen LogP contribution in [0, 0.1) is 5.82 Å². The van der Waals surface area contributed by atoms with Gasteiger partial charge in [0.15, 0.2) is 0 Å². The van der Waals surface area contributed by atoms with Crippen LogP contribution in [-0.4, -0.2) is 30.4 Å². The highest BCUT2D eigenvalue weighted by Gasteiger charge is 2.11. The van der Waals surface area contributed by atoms with Crippen LogP contribution < -0.4 is 5.32 Å². The third-order valence-electron chi connectivity index (χ3n) is 2.41. The number of carbonyl (C=O) groups is 1. The maximum absolute atomic E-state index is 13.5. The molecule has 0 bridgehead atoms. The van der Waals surface area contributed by atoms with Gasteiger partial charge in [-0.05, 0) is 18.2 Å². The average Bonchev–Trinajstić information content (AvgIpc) is 2.37. The Balaban J connectivity index is 2.61. The second-order valence-electron chi connectivity index (χ2n) is 3.85. The largest absolute Gasteiger partial charge is 0.374 e. The summed E-state index contributed by atoms with van der Waals surface area (Å²) in [6.07, 6.45) is 3.28. The molecule has 0 saturated carbocycles. The maximum atomic E-state index is 13.5. The molecular formula is C14H16BrFN2O. The summed E-state index contributed by atoms with van der Waals surface area (Å²) in [7, 11) is 0. The minimum absolute atomic E-state index is 0.0280. The smallest absolute Gasteiger partial charge is 0.242 e. The van der Waals surface area contributed by atoms with E-state index in [0.29, 0.717) is 23.2 Å². The Labute approximate surface area is 120 Å². The lowest BCUT2D eigenvalue weighted by atomic mass is 10.3. The Morgan fingerprint density at radius 3 is 2.53 bits per heavy atom. The van der Waals surface area contributed by atoms with Gasteiger partial charge in [-0.2, -0.15) is 0 Å². The summed E-state index contributed by atoms with van der Waals surface area (Å²) >= 11 is 3.18. The molecule has 0 atom stereocenters. The van der Waals surface area contributed by atoms with Gasteiger partial charge in [-0.25, -0.2) is 4.39 Å². The molecule has 3 nitrogen and oxygen atoms in total. The molecule has 0 saturated heterocycles. The van der Waals surface area contributed by atoms with E-state index < -0.39 is 5.82 Å². The van der Waals surface area contributed by atoms with Gasteiger partial charge < -0.3 is 10.2 Å². The molecule has 1 rings (SSSR count). The number of rotatable bonds is 7. The third kappa shape index (κ3) is 4.87. The fraction of sp³-hybridized carbons (Fsp3) is 0.214. The van der Waals surface area contributed by atoms with Gasteiger partial charge in [0.05, 0.1) is 12.2 Å². The predicted molar refractivity (Wildman–Crippen MR) is 79.6 cm³/mol. The van der Waals surface area contributed by atoms with Crippen LogP contribution in [0.3, 0.4) is 0 Å². The normalized spacial score (nSPS) is 9.79. The van der Waals surface area contributed by atoms with E-state index >= 15 is 0 Å². The molecule has 0 aliphatic carbocycles. The standard InChI is InChI=1S/C14H16BrFN2O/c1-3-7-18(8-4-2)14(19)10-17-13-6-5-11(15)9-12(13)16/h3-6,9,17H,1-2,7-8,10H2. The molecule has 1 amide bonds. The molecule has 5 heteroatoms. The SMILES string of the molecule is C=CCN(CC=C)C(=O)CNc1ccc(Br)cc1F. The molecule has 0 heterocycles. The lowest BCUT2D eigenvalue weighted by Gasteiger charge is -2.19.